The van der Waals surface area contributed by atoms with Crippen LogP contribution in [-0.2, 0) is 12.8 Å². The van der Waals surface area contributed by atoms with Gasteiger partial charge in [-0.15, -0.1) is 0 Å². The molecule has 1 aromatic heterocycles. The molecule has 1 fully saturated rings. The van der Waals surface area contributed by atoms with Crippen LogP contribution in [0.3, 0.4) is 0 Å². The van der Waals surface area contributed by atoms with E-state index in [9.17, 15) is 9.90 Å². The summed E-state index contributed by atoms with van der Waals surface area (Å²) in [5.74, 6) is 1.52. The Balaban J connectivity index is 1.36. The van der Waals surface area contributed by atoms with Crippen molar-refractivity contribution in [1.29, 1.82) is 0 Å². The Morgan fingerprint density at radius 1 is 1.17 bits per heavy atom. The first-order valence-corrected chi connectivity index (χ1v) is 12.5. The van der Waals surface area contributed by atoms with Crippen LogP contribution in [-0.4, -0.2) is 37.7 Å². The highest BCUT2D eigenvalue weighted by Gasteiger charge is 2.25. The number of H-pyrrole nitrogens is 1. The van der Waals surface area contributed by atoms with Crippen molar-refractivity contribution in [2.75, 3.05) is 5.32 Å². The Morgan fingerprint density at radius 3 is 2.74 bits per heavy atom. The van der Waals surface area contributed by atoms with E-state index in [1.54, 1.807) is 18.2 Å². The minimum absolute atomic E-state index is 0.0455. The summed E-state index contributed by atoms with van der Waals surface area (Å²) in [4.78, 5) is 13.0. The summed E-state index contributed by atoms with van der Waals surface area (Å²) in [7, 11) is 0. The SMILES string of the molecule is C[C@@H](NC(=O)c1cc(Oc2c(Cl)cc(Nc3nnn[nH]3)c3c2CCC3)ccc1O)C1CCCCC1. The van der Waals surface area contributed by atoms with Gasteiger partial charge in [0.15, 0.2) is 0 Å². The van der Waals surface area contributed by atoms with Gasteiger partial charge in [0.2, 0.25) is 5.95 Å². The number of aromatic hydroxyl groups is 1. The monoisotopic (exact) mass is 496 g/mol. The van der Waals surface area contributed by atoms with E-state index in [0.29, 0.717) is 28.4 Å². The number of carbonyl (C=O) groups is 1. The summed E-state index contributed by atoms with van der Waals surface area (Å²) in [6, 6.07) is 6.53. The molecule has 0 unspecified atom stereocenters. The van der Waals surface area contributed by atoms with E-state index >= 15 is 0 Å². The molecule has 3 aromatic rings. The molecule has 1 atom stereocenters. The first kappa shape index (κ1) is 23.4. The van der Waals surface area contributed by atoms with Gasteiger partial charge < -0.3 is 20.5 Å². The zero-order valence-corrected chi connectivity index (χ0v) is 20.4. The predicted molar refractivity (Wildman–Crippen MR) is 133 cm³/mol. The summed E-state index contributed by atoms with van der Waals surface area (Å²) in [5, 5.41) is 30.8. The number of tetrazole rings is 1. The van der Waals surface area contributed by atoms with Crippen molar-refractivity contribution in [2.24, 2.45) is 5.92 Å². The molecule has 1 amide bonds. The molecule has 5 rings (SSSR count). The molecule has 4 N–H and O–H groups in total. The quantitative estimate of drug-likeness (QED) is 0.350. The normalized spacial score (nSPS) is 16.5. The first-order chi connectivity index (χ1) is 17.0. The first-order valence-electron chi connectivity index (χ1n) is 12.2. The number of nitrogens with one attached hydrogen (secondary N) is 3. The number of rotatable bonds is 7. The standard InChI is InChI=1S/C25H29ClN6O3/c1-14(15-6-3-2-4-7-15)27-24(34)19-12-16(10-11-22(19)33)35-23-18-9-5-8-17(18)21(13-20(23)26)28-25-29-31-32-30-25/h10-15,33H,2-9H2,1H3,(H,27,34)(H2,28,29,30,31,32)/t14-/m1/s1. The fourth-order valence-electron chi connectivity index (χ4n) is 5.19. The van der Waals surface area contributed by atoms with Gasteiger partial charge in [0.25, 0.3) is 5.91 Å². The number of aromatic amines is 1. The lowest BCUT2D eigenvalue weighted by atomic mass is 9.84. The number of amides is 1. The summed E-state index contributed by atoms with van der Waals surface area (Å²) in [6.07, 6.45) is 8.57. The highest BCUT2D eigenvalue weighted by atomic mass is 35.5. The van der Waals surface area contributed by atoms with Gasteiger partial charge in [0, 0.05) is 17.3 Å². The van der Waals surface area contributed by atoms with Crippen molar-refractivity contribution >= 4 is 29.1 Å². The third-order valence-corrected chi connectivity index (χ3v) is 7.33. The maximum atomic E-state index is 13.0. The molecule has 2 aliphatic carbocycles. The van der Waals surface area contributed by atoms with Crippen LogP contribution >= 0.6 is 11.6 Å². The number of hydrogen-bond donors (Lipinski definition) is 4. The van der Waals surface area contributed by atoms with Gasteiger partial charge >= 0.3 is 0 Å². The number of phenolic OH excluding ortho intramolecular Hbond substituents is 1. The van der Waals surface area contributed by atoms with Crippen LogP contribution < -0.4 is 15.4 Å². The number of fused-ring (bicyclic) bond motifs is 1. The van der Waals surface area contributed by atoms with Crippen LogP contribution in [0.15, 0.2) is 24.3 Å². The second-order valence-corrected chi connectivity index (χ2v) is 9.77. The van der Waals surface area contributed by atoms with Crippen molar-refractivity contribution in [3.05, 3.63) is 46.0 Å². The van der Waals surface area contributed by atoms with Gasteiger partial charge in [0.05, 0.1) is 10.6 Å². The van der Waals surface area contributed by atoms with Crippen LogP contribution in [0, 0.1) is 5.92 Å². The third-order valence-electron chi connectivity index (χ3n) is 7.05. The van der Waals surface area contributed by atoms with E-state index in [1.165, 1.54) is 25.3 Å². The van der Waals surface area contributed by atoms with Crippen molar-refractivity contribution in [3.63, 3.8) is 0 Å². The van der Waals surface area contributed by atoms with Gasteiger partial charge in [-0.2, -0.15) is 0 Å². The Morgan fingerprint density at radius 2 is 1.97 bits per heavy atom. The lowest BCUT2D eigenvalue weighted by Gasteiger charge is -2.28. The van der Waals surface area contributed by atoms with Crippen LogP contribution in [0.5, 0.6) is 17.2 Å². The number of phenols is 1. The topological polar surface area (TPSA) is 125 Å². The summed E-state index contributed by atoms with van der Waals surface area (Å²) < 4.78 is 6.21. The Labute approximate surface area is 208 Å². The molecule has 1 heterocycles. The summed E-state index contributed by atoms with van der Waals surface area (Å²) in [6.45, 7) is 2.04. The molecule has 2 aromatic carbocycles. The maximum absolute atomic E-state index is 13.0. The van der Waals surface area contributed by atoms with E-state index < -0.39 is 0 Å². The molecule has 184 valence electrons. The minimum atomic E-state index is -0.303. The smallest absolute Gasteiger partial charge is 0.255 e. The zero-order valence-electron chi connectivity index (χ0n) is 19.6. The molecular formula is C25H29ClN6O3. The number of anilines is 2. The molecular weight excluding hydrogens is 468 g/mol. The molecule has 0 saturated heterocycles. The van der Waals surface area contributed by atoms with E-state index in [1.807, 2.05) is 6.92 Å². The van der Waals surface area contributed by atoms with Gasteiger partial charge in [-0.05, 0) is 85.2 Å². The fourth-order valence-corrected chi connectivity index (χ4v) is 5.45. The molecule has 35 heavy (non-hydrogen) atoms. The average Bonchev–Trinajstić information content (AvgIpc) is 3.55. The zero-order chi connectivity index (χ0) is 24.4. The van der Waals surface area contributed by atoms with Gasteiger partial charge in [-0.1, -0.05) is 36.0 Å². The molecule has 0 aliphatic heterocycles. The van der Waals surface area contributed by atoms with E-state index in [2.05, 4.69) is 31.3 Å². The van der Waals surface area contributed by atoms with Crippen LogP contribution in [0.1, 0.15) is 66.9 Å². The second kappa shape index (κ2) is 10.1. The lowest BCUT2D eigenvalue weighted by Crippen LogP contribution is -2.38. The molecule has 1 saturated carbocycles. The largest absolute Gasteiger partial charge is 0.507 e. The van der Waals surface area contributed by atoms with Crippen LogP contribution in [0.25, 0.3) is 0 Å². The molecule has 2 aliphatic rings. The molecule has 0 radical (unpaired) electrons. The second-order valence-electron chi connectivity index (χ2n) is 9.36. The van der Waals surface area contributed by atoms with Crippen LogP contribution in [0.2, 0.25) is 5.02 Å². The van der Waals surface area contributed by atoms with Crippen molar-refractivity contribution in [1.82, 2.24) is 25.9 Å². The van der Waals surface area contributed by atoms with Crippen molar-refractivity contribution in [2.45, 2.75) is 64.3 Å². The molecule has 10 heteroatoms. The fraction of sp³-hybridized carbons (Fsp3) is 0.440. The lowest BCUT2D eigenvalue weighted by molar-refractivity contribution is 0.0916. The van der Waals surface area contributed by atoms with Crippen molar-refractivity contribution in [3.8, 4) is 17.2 Å². The highest BCUT2D eigenvalue weighted by molar-refractivity contribution is 6.32. The van der Waals surface area contributed by atoms with E-state index in [4.69, 9.17) is 16.3 Å². The number of benzene rings is 2. The van der Waals surface area contributed by atoms with Gasteiger partial charge in [0.1, 0.15) is 17.2 Å². The summed E-state index contributed by atoms with van der Waals surface area (Å²) in [5.41, 5.74) is 3.13. The number of nitrogens with zero attached hydrogens (tertiary/aromatic N) is 3. The van der Waals surface area contributed by atoms with Crippen molar-refractivity contribution < 1.29 is 14.6 Å². The Hall–Kier alpha value is -3.33. The van der Waals surface area contributed by atoms with Crippen LogP contribution in [0.4, 0.5) is 11.6 Å². The predicted octanol–water partition coefficient (Wildman–Crippen LogP) is 5.28. The van der Waals surface area contributed by atoms with E-state index in [0.717, 1.165) is 48.9 Å². The summed E-state index contributed by atoms with van der Waals surface area (Å²) >= 11 is 6.64. The number of hydrogen-bond acceptors (Lipinski definition) is 7. The highest BCUT2D eigenvalue weighted by Crippen LogP contribution is 2.44. The number of aromatic nitrogens is 4. The van der Waals surface area contributed by atoms with Gasteiger partial charge in [-0.25, -0.2) is 5.10 Å². The number of carbonyl (C=O) groups excluding carboxylic acids is 1. The number of halogens is 1. The minimum Gasteiger partial charge on any atom is -0.507 e. The third kappa shape index (κ3) is 5.05. The molecule has 0 bridgehead atoms. The molecule has 0 spiro atoms. The van der Waals surface area contributed by atoms with E-state index in [-0.39, 0.29) is 23.3 Å². The maximum Gasteiger partial charge on any atom is 0.255 e. The van der Waals surface area contributed by atoms with Gasteiger partial charge in [-0.3, -0.25) is 4.79 Å². The number of ether oxygens (including phenoxy) is 1. The average molecular weight is 497 g/mol. The Kier molecular flexibility index (Phi) is 6.77. The Bertz CT molecular complexity index is 1210. The molecule has 9 nitrogen and oxygen atoms in total.